The number of hydrogen-bond acceptors (Lipinski definition) is 3. The van der Waals surface area contributed by atoms with Gasteiger partial charge in [-0.25, -0.2) is 4.79 Å². The first-order valence-corrected chi connectivity index (χ1v) is 5.77. The van der Waals surface area contributed by atoms with E-state index in [1.165, 1.54) is 0 Å². The van der Waals surface area contributed by atoms with E-state index in [-0.39, 0.29) is 0 Å². The predicted octanol–water partition coefficient (Wildman–Crippen LogP) is 2.09. The Hall–Kier alpha value is -1.55. The van der Waals surface area contributed by atoms with Crippen molar-refractivity contribution in [2.75, 3.05) is 0 Å². The zero-order valence-electron chi connectivity index (χ0n) is 10.3. The molecular formula is C13H19NO3. The molecule has 1 atom stereocenters. The van der Waals surface area contributed by atoms with Crippen LogP contribution in [-0.4, -0.2) is 17.2 Å². The van der Waals surface area contributed by atoms with Gasteiger partial charge < -0.3 is 15.6 Å². The Morgan fingerprint density at radius 2 is 2.24 bits per heavy atom. The zero-order valence-corrected chi connectivity index (χ0v) is 10.3. The standard InChI is InChI=1S/C13H19NO3/c1-3-4-11(13(15)16)17-12-7-10(8-14)6-5-9(12)2/h5-7,11H,3-4,8,14H2,1-2H3,(H,15,16). The third kappa shape index (κ3) is 3.75. The van der Waals surface area contributed by atoms with Crippen LogP contribution in [0, 0.1) is 6.92 Å². The first-order valence-electron chi connectivity index (χ1n) is 5.77. The lowest BCUT2D eigenvalue weighted by molar-refractivity contribution is -0.145. The Labute approximate surface area is 101 Å². The fourth-order valence-electron chi connectivity index (χ4n) is 1.55. The van der Waals surface area contributed by atoms with E-state index >= 15 is 0 Å². The van der Waals surface area contributed by atoms with Gasteiger partial charge in [0.25, 0.3) is 0 Å². The van der Waals surface area contributed by atoms with E-state index in [2.05, 4.69) is 0 Å². The van der Waals surface area contributed by atoms with Crippen LogP contribution in [-0.2, 0) is 11.3 Å². The predicted molar refractivity (Wildman–Crippen MR) is 66.0 cm³/mol. The van der Waals surface area contributed by atoms with Gasteiger partial charge in [-0.3, -0.25) is 0 Å². The second-order valence-corrected chi connectivity index (χ2v) is 4.04. The number of benzene rings is 1. The lowest BCUT2D eigenvalue weighted by Gasteiger charge is -2.16. The molecule has 0 heterocycles. The van der Waals surface area contributed by atoms with Crippen molar-refractivity contribution in [3.8, 4) is 5.75 Å². The number of rotatable bonds is 6. The summed E-state index contributed by atoms with van der Waals surface area (Å²) in [6.07, 6.45) is 0.487. The molecule has 0 aliphatic rings. The molecule has 0 fully saturated rings. The van der Waals surface area contributed by atoms with E-state index in [1.807, 2.05) is 26.0 Å². The van der Waals surface area contributed by atoms with Crippen molar-refractivity contribution in [2.45, 2.75) is 39.3 Å². The van der Waals surface area contributed by atoms with Crippen LogP contribution in [0.4, 0.5) is 0 Å². The summed E-state index contributed by atoms with van der Waals surface area (Å²) in [5.74, 6) is -0.321. The molecule has 1 unspecified atom stereocenters. The molecule has 0 aliphatic carbocycles. The van der Waals surface area contributed by atoms with Gasteiger partial charge in [0.1, 0.15) is 5.75 Å². The van der Waals surface area contributed by atoms with Crippen molar-refractivity contribution in [3.63, 3.8) is 0 Å². The van der Waals surface area contributed by atoms with Crippen molar-refractivity contribution in [1.29, 1.82) is 0 Å². The third-order valence-corrected chi connectivity index (χ3v) is 2.58. The van der Waals surface area contributed by atoms with E-state index in [0.29, 0.717) is 18.7 Å². The van der Waals surface area contributed by atoms with Crippen LogP contribution in [0.5, 0.6) is 5.75 Å². The number of ether oxygens (including phenoxy) is 1. The van der Waals surface area contributed by atoms with Crippen molar-refractivity contribution < 1.29 is 14.6 Å². The highest BCUT2D eigenvalue weighted by Crippen LogP contribution is 2.22. The van der Waals surface area contributed by atoms with Crippen molar-refractivity contribution in [2.24, 2.45) is 5.73 Å². The minimum Gasteiger partial charge on any atom is -0.479 e. The van der Waals surface area contributed by atoms with Gasteiger partial charge in [0.15, 0.2) is 6.10 Å². The summed E-state index contributed by atoms with van der Waals surface area (Å²) in [7, 11) is 0. The number of aryl methyl sites for hydroxylation is 1. The monoisotopic (exact) mass is 237 g/mol. The Morgan fingerprint density at radius 3 is 2.76 bits per heavy atom. The quantitative estimate of drug-likeness (QED) is 0.794. The normalized spacial score (nSPS) is 12.2. The zero-order chi connectivity index (χ0) is 12.8. The van der Waals surface area contributed by atoms with Crippen LogP contribution in [0.3, 0.4) is 0 Å². The molecule has 0 bridgehead atoms. The van der Waals surface area contributed by atoms with Gasteiger partial charge in [0.2, 0.25) is 0 Å². The van der Waals surface area contributed by atoms with E-state index in [1.54, 1.807) is 6.07 Å². The van der Waals surface area contributed by atoms with E-state index in [9.17, 15) is 4.79 Å². The molecule has 1 aromatic rings. The van der Waals surface area contributed by atoms with E-state index < -0.39 is 12.1 Å². The van der Waals surface area contributed by atoms with Crippen LogP contribution >= 0.6 is 0 Å². The molecular weight excluding hydrogens is 218 g/mol. The third-order valence-electron chi connectivity index (χ3n) is 2.58. The van der Waals surface area contributed by atoms with Gasteiger partial charge >= 0.3 is 5.97 Å². The first-order chi connectivity index (χ1) is 8.08. The lowest BCUT2D eigenvalue weighted by Crippen LogP contribution is -2.27. The van der Waals surface area contributed by atoms with Gasteiger partial charge in [-0.15, -0.1) is 0 Å². The Balaban J connectivity index is 2.87. The van der Waals surface area contributed by atoms with Gasteiger partial charge in [-0.1, -0.05) is 25.5 Å². The Bertz CT molecular complexity index is 390. The molecule has 94 valence electrons. The summed E-state index contributed by atoms with van der Waals surface area (Å²) in [5, 5.41) is 9.03. The van der Waals surface area contributed by atoms with Crippen molar-refractivity contribution in [3.05, 3.63) is 29.3 Å². The molecule has 0 radical (unpaired) electrons. The molecule has 0 saturated carbocycles. The molecule has 0 amide bonds. The minimum atomic E-state index is -0.926. The molecule has 4 heteroatoms. The summed E-state index contributed by atoms with van der Waals surface area (Å²) in [6, 6.07) is 5.61. The average molecular weight is 237 g/mol. The smallest absolute Gasteiger partial charge is 0.344 e. The second-order valence-electron chi connectivity index (χ2n) is 4.04. The highest BCUT2D eigenvalue weighted by Gasteiger charge is 2.19. The van der Waals surface area contributed by atoms with E-state index in [4.69, 9.17) is 15.6 Å². The number of nitrogens with two attached hydrogens (primary N) is 1. The molecule has 0 spiro atoms. The topological polar surface area (TPSA) is 72.5 Å². The number of carboxylic acids is 1. The number of aliphatic carboxylic acids is 1. The van der Waals surface area contributed by atoms with Gasteiger partial charge in [-0.05, 0) is 30.5 Å². The van der Waals surface area contributed by atoms with Crippen LogP contribution in [0.1, 0.15) is 30.9 Å². The van der Waals surface area contributed by atoms with Crippen LogP contribution < -0.4 is 10.5 Å². The van der Waals surface area contributed by atoms with Crippen molar-refractivity contribution in [1.82, 2.24) is 0 Å². The fraction of sp³-hybridized carbons (Fsp3) is 0.462. The molecule has 0 aromatic heterocycles. The van der Waals surface area contributed by atoms with Crippen LogP contribution in [0.25, 0.3) is 0 Å². The van der Waals surface area contributed by atoms with Crippen LogP contribution in [0.2, 0.25) is 0 Å². The molecule has 1 rings (SSSR count). The maximum absolute atomic E-state index is 11.0. The molecule has 17 heavy (non-hydrogen) atoms. The summed E-state index contributed by atoms with van der Waals surface area (Å²) in [4.78, 5) is 11.0. The van der Waals surface area contributed by atoms with Crippen molar-refractivity contribution >= 4 is 5.97 Å². The van der Waals surface area contributed by atoms with Gasteiger partial charge in [-0.2, -0.15) is 0 Å². The van der Waals surface area contributed by atoms with Gasteiger partial charge in [0, 0.05) is 6.54 Å². The summed E-state index contributed by atoms with van der Waals surface area (Å²) >= 11 is 0. The molecule has 1 aromatic carbocycles. The lowest BCUT2D eigenvalue weighted by atomic mass is 10.1. The summed E-state index contributed by atoms with van der Waals surface area (Å²) < 4.78 is 5.53. The maximum atomic E-state index is 11.0. The van der Waals surface area contributed by atoms with E-state index in [0.717, 1.165) is 17.5 Å². The average Bonchev–Trinajstić information content (AvgIpc) is 2.31. The second kappa shape index (κ2) is 6.25. The maximum Gasteiger partial charge on any atom is 0.344 e. The highest BCUT2D eigenvalue weighted by molar-refractivity contribution is 5.72. The Kier molecular flexibility index (Phi) is 4.97. The highest BCUT2D eigenvalue weighted by atomic mass is 16.5. The molecule has 3 N–H and O–H groups in total. The molecule has 0 saturated heterocycles. The minimum absolute atomic E-state index is 0.419. The summed E-state index contributed by atoms with van der Waals surface area (Å²) in [6.45, 7) is 4.24. The molecule has 0 aliphatic heterocycles. The number of carboxylic acid groups (broad SMARTS) is 1. The number of carbonyl (C=O) groups is 1. The van der Waals surface area contributed by atoms with Crippen LogP contribution in [0.15, 0.2) is 18.2 Å². The first kappa shape index (κ1) is 13.5. The SMILES string of the molecule is CCCC(Oc1cc(CN)ccc1C)C(=O)O. The summed E-state index contributed by atoms with van der Waals surface area (Å²) in [5.41, 5.74) is 7.40. The largest absolute Gasteiger partial charge is 0.479 e. The fourth-order valence-corrected chi connectivity index (χ4v) is 1.55. The number of hydrogen-bond donors (Lipinski definition) is 2. The Morgan fingerprint density at radius 1 is 1.53 bits per heavy atom. The molecule has 4 nitrogen and oxygen atoms in total. The van der Waals surface area contributed by atoms with Gasteiger partial charge in [0.05, 0.1) is 0 Å².